The van der Waals surface area contributed by atoms with Crippen LogP contribution in [0.3, 0.4) is 0 Å². The number of halogens is 2. The maximum atomic E-state index is 6.05. The lowest BCUT2D eigenvalue weighted by atomic mass is 10.2. The van der Waals surface area contributed by atoms with Crippen LogP contribution in [0.4, 0.5) is 0 Å². The second kappa shape index (κ2) is 4.92. The third-order valence-electron chi connectivity index (χ3n) is 3.26. The molecule has 19 heavy (non-hydrogen) atoms. The highest BCUT2D eigenvalue weighted by Crippen LogP contribution is 2.24. The van der Waals surface area contributed by atoms with E-state index < -0.39 is 0 Å². The first-order valence-electron chi connectivity index (χ1n) is 6.13. The molecule has 0 unspecified atom stereocenters. The smallest absolute Gasteiger partial charge is 0.0595 e. The summed E-state index contributed by atoms with van der Waals surface area (Å²) in [5.41, 5.74) is 3.66. The van der Waals surface area contributed by atoms with Crippen molar-refractivity contribution in [1.82, 2.24) is 4.57 Å². The first-order valence-corrected chi connectivity index (χ1v) is 6.88. The van der Waals surface area contributed by atoms with Crippen molar-refractivity contribution in [3.05, 3.63) is 69.8 Å². The molecule has 0 spiro atoms. The van der Waals surface area contributed by atoms with E-state index in [4.69, 9.17) is 23.2 Å². The quantitative estimate of drug-likeness (QED) is 0.603. The molecule has 0 saturated carbocycles. The number of fused-ring (bicyclic) bond motifs is 1. The molecule has 0 aliphatic carbocycles. The van der Waals surface area contributed by atoms with Crippen molar-refractivity contribution in [2.45, 2.75) is 13.5 Å². The highest BCUT2D eigenvalue weighted by molar-refractivity contribution is 6.42. The van der Waals surface area contributed by atoms with E-state index in [0.717, 1.165) is 12.1 Å². The van der Waals surface area contributed by atoms with Gasteiger partial charge in [-0.1, -0.05) is 40.9 Å². The number of aryl methyl sites for hydroxylation is 1. The van der Waals surface area contributed by atoms with Gasteiger partial charge in [0.1, 0.15) is 0 Å². The number of aromatic nitrogens is 1. The first kappa shape index (κ1) is 12.6. The number of rotatable bonds is 2. The van der Waals surface area contributed by atoms with Gasteiger partial charge in [-0.3, -0.25) is 0 Å². The number of hydrogen-bond acceptors (Lipinski definition) is 0. The molecule has 3 aromatic rings. The molecule has 1 nitrogen and oxygen atoms in total. The Morgan fingerprint density at radius 1 is 0.947 bits per heavy atom. The van der Waals surface area contributed by atoms with Crippen LogP contribution in [0.15, 0.2) is 48.7 Å². The summed E-state index contributed by atoms with van der Waals surface area (Å²) >= 11 is 12.0. The normalized spacial score (nSPS) is 11.1. The maximum absolute atomic E-state index is 6.05. The zero-order chi connectivity index (χ0) is 13.4. The molecule has 0 atom stereocenters. The molecule has 0 fully saturated rings. The van der Waals surface area contributed by atoms with Crippen LogP contribution in [0.5, 0.6) is 0 Å². The summed E-state index contributed by atoms with van der Waals surface area (Å²) in [5, 5.41) is 2.46. The van der Waals surface area contributed by atoms with Crippen LogP contribution in [0, 0.1) is 6.92 Å². The second-order valence-electron chi connectivity index (χ2n) is 4.75. The Labute approximate surface area is 122 Å². The molecule has 3 rings (SSSR count). The van der Waals surface area contributed by atoms with Gasteiger partial charge in [0.25, 0.3) is 0 Å². The van der Waals surface area contributed by atoms with E-state index in [1.165, 1.54) is 16.5 Å². The summed E-state index contributed by atoms with van der Waals surface area (Å²) in [6, 6.07) is 14.4. The molecule has 0 radical (unpaired) electrons. The van der Waals surface area contributed by atoms with Gasteiger partial charge >= 0.3 is 0 Å². The summed E-state index contributed by atoms with van der Waals surface area (Å²) in [5.74, 6) is 0. The van der Waals surface area contributed by atoms with Crippen LogP contribution in [-0.2, 0) is 6.54 Å². The van der Waals surface area contributed by atoms with Crippen molar-refractivity contribution in [1.29, 1.82) is 0 Å². The highest BCUT2D eigenvalue weighted by Gasteiger charge is 2.04. The van der Waals surface area contributed by atoms with Crippen molar-refractivity contribution in [3.63, 3.8) is 0 Å². The standard InChI is InChI=1S/C16H13Cl2N/c1-11-2-5-16-13(8-11)6-7-19(16)10-12-3-4-14(17)15(18)9-12/h2-9H,10H2,1H3. The first-order chi connectivity index (χ1) is 9.13. The van der Waals surface area contributed by atoms with Gasteiger partial charge in [0.05, 0.1) is 10.0 Å². The predicted molar refractivity (Wildman–Crippen MR) is 82.2 cm³/mol. The zero-order valence-corrected chi connectivity index (χ0v) is 12.0. The molecule has 2 aromatic carbocycles. The summed E-state index contributed by atoms with van der Waals surface area (Å²) in [7, 11) is 0. The maximum Gasteiger partial charge on any atom is 0.0595 e. The molecule has 96 valence electrons. The van der Waals surface area contributed by atoms with E-state index >= 15 is 0 Å². The van der Waals surface area contributed by atoms with Gasteiger partial charge in [0.15, 0.2) is 0 Å². The number of benzene rings is 2. The summed E-state index contributed by atoms with van der Waals surface area (Å²) in [4.78, 5) is 0. The SMILES string of the molecule is Cc1ccc2c(ccn2Cc2ccc(Cl)c(Cl)c2)c1. The zero-order valence-electron chi connectivity index (χ0n) is 10.5. The van der Waals surface area contributed by atoms with E-state index in [0.29, 0.717) is 10.0 Å². The van der Waals surface area contributed by atoms with E-state index in [1.807, 2.05) is 18.2 Å². The van der Waals surface area contributed by atoms with Crippen LogP contribution in [0.1, 0.15) is 11.1 Å². The van der Waals surface area contributed by atoms with E-state index in [2.05, 4.69) is 42.0 Å². The van der Waals surface area contributed by atoms with Gasteiger partial charge in [-0.15, -0.1) is 0 Å². The average Bonchev–Trinajstić information content (AvgIpc) is 2.76. The number of hydrogen-bond donors (Lipinski definition) is 0. The fraction of sp³-hybridized carbons (Fsp3) is 0.125. The van der Waals surface area contributed by atoms with Crippen molar-refractivity contribution in [3.8, 4) is 0 Å². The topological polar surface area (TPSA) is 4.93 Å². The van der Waals surface area contributed by atoms with E-state index in [9.17, 15) is 0 Å². The molecule has 0 aliphatic heterocycles. The minimum atomic E-state index is 0.596. The van der Waals surface area contributed by atoms with Crippen LogP contribution in [-0.4, -0.2) is 4.57 Å². The average molecular weight is 290 g/mol. The Kier molecular flexibility index (Phi) is 3.26. The van der Waals surface area contributed by atoms with E-state index in [1.54, 1.807) is 0 Å². The largest absolute Gasteiger partial charge is 0.343 e. The molecule has 3 heteroatoms. The van der Waals surface area contributed by atoms with Gasteiger partial charge in [-0.25, -0.2) is 0 Å². The summed E-state index contributed by atoms with van der Waals surface area (Å²) in [6.07, 6.45) is 2.10. The third-order valence-corrected chi connectivity index (χ3v) is 4.00. The predicted octanol–water partition coefficient (Wildman–Crippen LogP) is 5.30. The highest BCUT2D eigenvalue weighted by atomic mass is 35.5. The van der Waals surface area contributed by atoms with Crippen molar-refractivity contribution >= 4 is 34.1 Å². The monoisotopic (exact) mass is 289 g/mol. The Hall–Kier alpha value is -1.44. The lowest BCUT2D eigenvalue weighted by Gasteiger charge is -2.07. The Morgan fingerprint density at radius 3 is 2.58 bits per heavy atom. The molecule has 1 aromatic heterocycles. The molecule has 0 saturated heterocycles. The molecule has 0 amide bonds. The van der Waals surface area contributed by atoms with Crippen molar-refractivity contribution in [2.24, 2.45) is 0 Å². The molecule has 1 heterocycles. The fourth-order valence-electron chi connectivity index (χ4n) is 2.29. The molecule has 0 bridgehead atoms. The van der Waals surface area contributed by atoms with Crippen molar-refractivity contribution in [2.75, 3.05) is 0 Å². The lowest BCUT2D eigenvalue weighted by Crippen LogP contribution is -1.97. The Balaban J connectivity index is 1.98. The van der Waals surface area contributed by atoms with Crippen LogP contribution < -0.4 is 0 Å². The van der Waals surface area contributed by atoms with Gasteiger partial charge in [-0.2, -0.15) is 0 Å². The Bertz CT molecular complexity index is 744. The van der Waals surface area contributed by atoms with Crippen molar-refractivity contribution < 1.29 is 0 Å². The van der Waals surface area contributed by atoms with Gasteiger partial charge in [0.2, 0.25) is 0 Å². The van der Waals surface area contributed by atoms with Gasteiger partial charge < -0.3 is 4.57 Å². The number of nitrogens with zero attached hydrogens (tertiary/aromatic N) is 1. The van der Waals surface area contributed by atoms with Crippen LogP contribution in [0.2, 0.25) is 10.0 Å². The van der Waals surface area contributed by atoms with Gasteiger partial charge in [0, 0.05) is 18.3 Å². The minimum absolute atomic E-state index is 0.596. The van der Waals surface area contributed by atoms with Crippen LogP contribution >= 0.6 is 23.2 Å². The lowest BCUT2D eigenvalue weighted by molar-refractivity contribution is 0.837. The van der Waals surface area contributed by atoms with Crippen LogP contribution in [0.25, 0.3) is 10.9 Å². The second-order valence-corrected chi connectivity index (χ2v) is 5.57. The summed E-state index contributed by atoms with van der Waals surface area (Å²) < 4.78 is 2.22. The molecule has 0 aliphatic rings. The van der Waals surface area contributed by atoms with Gasteiger partial charge in [-0.05, 0) is 48.2 Å². The minimum Gasteiger partial charge on any atom is -0.343 e. The molecular weight excluding hydrogens is 277 g/mol. The molecule has 0 N–H and O–H groups in total. The summed E-state index contributed by atoms with van der Waals surface area (Å²) in [6.45, 7) is 2.90. The fourth-order valence-corrected chi connectivity index (χ4v) is 2.61. The Morgan fingerprint density at radius 2 is 1.79 bits per heavy atom. The third kappa shape index (κ3) is 2.49. The van der Waals surface area contributed by atoms with E-state index in [-0.39, 0.29) is 0 Å². The molecular formula is C16H13Cl2N.